The van der Waals surface area contributed by atoms with E-state index in [0.29, 0.717) is 5.75 Å². The van der Waals surface area contributed by atoms with Crippen molar-refractivity contribution in [3.05, 3.63) is 82.8 Å². The highest BCUT2D eigenvalue weighted by Gasteiger charge is 2.34. The largest absolute Gasteiger partial charge is 0.497 e. The fraction of sp³-hybridized carbons (Fsp3) is 0.333. The minimum Gasteiger partial charge on any atom is -0.497 e. The number of nitrogens with zero attached hydrogens (tertiary/aromatic N) is 2. The number of rotatable bonds is 11. The summed E-state index contributed by atoms with van der Waals surface area (Å²) >= 11 is 3.41. The molecule has 41 heavy (non-hydrogen) atoms. The Balaban J connectivity index is 2.11. The first-order chi connectivity index (χ1) is 19.3. The second-order valence-electron chi connectivity index (χ2n) is 10.4. The van der Waals surface area contributed by atoms with E-state index in [-0.39, 0.29) is 28.8 Å². The highest BCUT2D eigenvalue weighted by atomic mass is 79.9. The summed E-state index contributed by atoms with van der Waals surface area (Å²) in [4.78, 5) is 28.7. The van der Waals surface area contributed by atoms with Gasteiger partial charge in [0.2, 0.25) is 11.8 Å². The van der Waals surface area contributed by atoms with Gasteiger partial charge < -0.3 is 19.7 Å². The minimum absolute atomic E-state index is 0.00402. The highest BCUT2D eigenvalue weighted by molar-refractivity contribution is 9.10. The molecule has 0 heterocycles. The van der Waals surface area contributed by atoms with E-state index in [4.69, 9.17) is 9.47 Å². The first-order valence-electron chi connectivity index (χ1n) is 12.9. The summed E-state index contributed by atoms with van der Waals surface area (Å²) < 4.78 is 40.7. The SMILES string of the molecule is COc1ccc(OC)c(N(CC(=O)N(Cc2ccc(Br)cc2)[C@@H](C)C(=O)NC(C)(C)C)S(=O)(=O)c2ccccc2)c1. The summed E-state index contributed by atoms with van der Waals surface area (Å²) in [7, 11) is -1.37. The Morgan fingerprint density at radius 1 is 0.951 bits per heavy atom. The number of anilines is 1. The van der Waals surface area contributed by atoms with E-state index in [1.165, 1.54) is 37.3 Å². The molecule has 0 unspecified atom stereocenters. The maximum absolute atomic E-state index is 14.1. The lowest BCUT2D eigenvalue weighted by Crippen LogP contribution is -2.54. The Hall–Kier alpha value is -3.57. The zero-order chi connectivity index (χ0) is 30.4. The van der Waals surface area contributed by atoms with Gasteiger partial charge in [-0.05, 0) is 69.7 Å². The number of hydrogen-bond acceptors (Lipinski definition) is 6. The second-order valence-corrected chi connectivity index (χ2v) is 13.2. The molecule has 2 amide bonds. The van der Waals surface area contributed by atoms with Crippen LogP contribution in [0, 0.1) is 0 Å². The summed E-state index contributed by atoms with van der Waals surface area (Å²) in [6.45, 7) is 6.66. The Morgan fingerprint density at radius 2 is 1.59 bits per heavy atom. The maximum atomic E-state index is 14.1. The van der Waals surface area contributed by atoms with E-state index in [0.717, 1.165) is 14.3 Å². The van der Waals surface area contributed by atoms with Crippen LogP contribution in [0.2, 0.25) is 0 Å². The predicted molar refractivity (Wildman–Crippen MR) is 163 cm³/mol. The number of carbonyl (C=O) groups excluding carboxylic acids is 2. The highest BCUT2D eigenvalue weighted by Crippen LogP contribution is 2.36. The van der Waals surface area contributed by atoms with Crippen molar-refractivity contribution in [1.29, 1.82) is 0 Å². The van der Waals surface area contributed by atoms with Gasteiger partial charge in [-0.1, -0.05) is 46.3 Å². The average molecular weight is 647 g/mol. The van der Waals surface area contributed by atoms with E-state index >= 15 is 0 Å². The average Bonchev–Trinajstić information content (AvgIpc) is 2.94. The zero-order valence-corrected chi connectivity index (χ0v) is 26.5. The van der Waals surface area contributed by atoms with Gasteiger partial charge in [-0.2, -0.15) is 0 Å². The molecule has 0 spiro atoms. The molecule has 0 saturated carbocycles. The van der Waals surface area contributed by atoms with Crippen LogP contribution in [-0.4, -0.2) is 57.5 Å². The van der Waals surface area contributed by atoms with Crippen LogP contribution in [0.15, 0.2) is 82.2 Å². The number of carbonyl (C=O) groups is 2. The quantitative estimate of drug-likeness (QED) is 0.315. The molecule has 0 aromatic heterocycles. The van der Waals surface area contributed by atoms with Crippen LogP contribution < -0.4 is 19.1 Å². The van der Waals surface area contributed by atoms with Crippen molar-refractivity contribution in [3.8, 4) is 11.5 Å². The number of sulfonamides is 1. The van der Waals surface area contributed by atoms with Crippen molar-refractivity contribution >= 4 is 43.5 Å². The number of methoxy groups -OCH3 is 2. The van der Waals surface area contributed by atoms with Crippen LogP contribution >= 0.6 is 15.9 Å². The van der Waals surface area contributed by atoms with Crippen molar-refractivity contribution in [2.24, 2.45) is 0 Å². The molecule has 0 saturated heterocycles. The first kappa shape index (κ1) is 32.0. The Kier molecular flexibility index (Phi) is 10.4. The van der Waals surface area contributed by atoms with Crippen LogP contribution in [0.1, 0.15) is 33.3 Å². The summed E-state index contributed by atoms with van der Waals surface area (Å²) in [6.07, 6.45) is 0. The third-order valence-corrected chi connectivity index (χ3v) is 8.50. The standard InChI is InChI=1S/C30H36BrN3O6S/c1-21(29(36)32-30(2,3)4)33(19-22-12-14-23(31)15-13-22)28(35)20-34(41(37,38)25-10-8-7-9-11-25)26-18-24(39-5)16-17-27(26)40-6/h7-18,21H,19-20H2,1-6H3,(H,32,36)/t21-/m0/s1. The normalized spacial score (nSPS) is 12.3. The van der Waals surface area contributed by atoms with Gasteiger partial charge >= 0.3 is 0 Å². The topological polar surface area (TPSA) is 105 Å². The van der Waals surface area contributed by atoms with Crippen LogP contribution in [0.3, 0.4) is 0 Å². The summed E-state index contributed by atoms with van der Waals surface area (Å²) in [5.74, 6) is -0.324. The molecule has 0 aliphatic heterocycles. The van der Waals surface area contributed by atoms with Gasteiger partial charge in [-0.25, -0.2) is 8.42 Å². The monoisotopic (exact) mass is 645 g/mol. The molecule has 0 aliphatic carbocycles. The van der Waals surface area contributed by atoms with Crippen molar-refractivity contribution < 1.29 is 27.5 Å². The molecule has 1 atom stereocenters. The zero-order valence-electron chi connectivity index (χ0n) is 24.0. The van der Waals surface area contributed by atoms with Gasteiger partial charge in [-0.15, -0.1) is 0 Å². The van der Waals surface area contributed by atoms with E-state index < -0.39 is 34.1 Å². The van der Waals surface area contributed by atoms with Crippen LogP contribution in [0.25, 0.3) is 0 Å². The third-order valence-electron chi connectivity index (χ3n) is 6.20. The molecule has 3 rings (SSSR count). The Labute approximate surface area is 250 Å². The number of ether oxygens (including phenoxy) is 2. The van der Waals surface area contributed by atoms with Gasteiger partial charge in [0.05, 0.1) is 24.8 Å². The Bertz CT molecular complexity index is 1460. The van der Waals surface area contributed by atoms with Crippen molar-refractivity contribution in [2.75, 3.05) is 25.1 Å². The molecule has 0 aliphatic rings. The molecule has 0 fully saturated rings. The third kappa shape index (κ3) is 8.23. The van der Waals surface area contributed by atoms with Crippen LogP contribution in [0.5, 0.6) is 11.5 Å². The minimum atomic E-state index is -4.25. The molecular formula is C30H36BrN3O6S. The smallest absolute Gasteiger partial charge is 0.264 e. The van der Waals surface area contributed by atoms with Crippen LogP contribution in [0.4, 0.5) is 5.69 Å². The van der Waals surface area contributed by atoms with E-state index in [1.807, 2.05) is 45.0 Å². The number of nitrogens with one attached hydrogen (secondary N) is 1. The second kappa shape index (κ2) is 13.4. The summed E-state index contributed by atoms with van der Waals surface area (Å²) in [5, 5.41) is 2.91. The van der Waals surface area contributed by atoms with Gasteiger partial charge in [-0.3, -0.25) is 13.9 Å². The number of hydrogen-bond donors (Lipinski definition) is 1. The molecule has 0 bridgehead atoms. The molecule has 220 valence electrons. The van der Waals surface area contributed by atoms with E-state index in [9.17, 15) is 18.0 Å². The molecular weight excluding hydrogens is 610 g/mol. The van der Waals surface area contributed by atoms with Crippen molar-refractivity contribution in [3.63, 3.8) is 0 Å². The lowest BCUT2D eigenvalue weighted by molar-refractivity contribution is -0.140. The first-order valence-corrected chi connectivity index (χ1v) is 15.2. The molecule has 9 nitrogen and oxygen atoms in total. The fourth-order valence-electron chi connectivity index (χ4n) is 4.07. The molecule has 11 heteroatoms. The number of amides is 2. The van der Waals surface area contributed by atoms with Gasteiger partial charge in [0.15, 0.2) is 0 Å². The van der Waals surface area contributed by atoms with Crippen molar-refractivity contribution in [2.45, 2.75) is 50.7 Å². The number of halogens is 1. The molecule has 3 aromatic carbocycles. The lowest BCUT2D eigenvalue weighted by Gasteiger charge is -2.33. The Morgan fingerprint density at radius 3 is 2.15 bits per heavy atom. The van der Waals surface area contributed by atoms with Gasteiger partial charge in [0.1, 0.15) is 24.1 Å². The summed E-state index contributed by atoms with van der Waals surface area (Å²) in [6, 6.07) is 19.0. The predicted octanol–water partition coefficient (Wildman–Crippen LogP) is 4.99. The maximum Gasteiger partial charge on any atom is 0.264 e. The fourth-order valence-corrected chi connectivity index (χ4v) is 5.77. The van der Waals surface area contributed by atoms with Gasteiger partial charge in [0, 0.05) is 22.6 Å². The molecule has 0 radical (unpaired) electrons. The van der Waals surface area contributed by atoms with Crippen molar-refractivity contribution in [1.82, 2.24) is 10.2 Å². The number of benzene rings is 3. The van der Waals surface area contributed by atoms with E-state index in [1.54, 1.807) is 37.3 Å². The summed E-state index contributed by atoms with van der Waals surface area (Å²) in [5.41, 5.74) is 0.363. The van der Waals surface area contributed by atoms with Gasteiger partial charge in [0.25, 0.3) is 10.0 Å². The lowest BCUT2D eigenvalue weighted by atomic mass is 10.1. The van der Waals surface area contributed by atoms with E-state index in [2.05, 4.69) is 21.2 Å². The van der Waals surface area contributed by atoms with Crippen LogP contribution in [-0.2, 0) is 26.2 Å². The molecule has 3 aromatic rings. The molecule has 1 N–H and O–H groups in total.